The molecule has 0 aliphatic rings. The zero-order valence-corrected chi connectivity index (χ0v) is 13.5. The van der Waals surface area contributed by atoms with E-state index in [2.05, 4.69) is 5.32 Å². The maximum Gasteiger partial charge on any atom is 0.261 e. The molecule has 21 heavy (non-hydrogen) atoms. The average molecular weight is 336 g/mol. The summed E-state index contributed by atoms with van der Waals surface area (Å²) < 4.78 is 33.1. The first-order valence-corrected chi connectivity index (χ1v) is 8.78. The molecule has 8 heteroatoms. The van der Waals surface area contributed by atoms with Crippen molar-refractivity contribution in [3.63, 3.8) is 0 Å². The predicted molar refractivity (Wildman–Crippen MR) is 79.5 cm³/mol. The molecule has 0 radical (unpaired) electrons. The number of benzene rings is 1. The first-order chi connectivity index (χ1) is 9.90. The van der Waals surface area contributed by atoms with Crippen LogP contribution in [0.2, 0.25) is 0 Å². The van der Waals surface area contributed by atoms with E-state index in [1.165, 1.54) is 18.2 Å². The lowest BCUT2D eigenvalue weighted by atomic mass is 10.2. The van der Waals surface area contributed by atoms with Gasteiger partial charge in [-0.15, -0.1) is 0 Å². The van der Waals surface area contributed by atoms with Crippen molar-refractivity contribution in [2.45, 2.75) is 18.7 Å². The van der Waals surface area contributed by atoms with Crippen LogP contribution in [0.15, 0.2) is 23.1 Å². The number of ether oxygens (including phenoxy) is 2. The highest BCUT2D eigenvalue weighted by Gasteiger charge is 2.18. The van der Waals surface area contributed by atoms with E-state index in [9.17, 15) is 13.2 Å². The maximum atomic E-state index is 12.1. The van der Waals surface area contributed by atoms with Gasteiger partial charge in [0.2, 0.25) is 0 Å². The lowest BCUT2D eigenvalue weighted by Gasteiger charge is -2.11. The largest absolute Gasteiger partial charge is 0.493 e. The fourth-order valence-electron chi connectivity index (χ4n) is 1.60. The number of amides is 1. The summed E-state index contributed by atoms with van der Waals surface area (Å²) in [5.74, 6) is -0.143. The van der Waals surface area contributed by atoms with Crippen LogP contribution in [-0.2, 0) is 13.8 Å². The molecule has 0 aliphatic heterocycles. The van der Waals surface area contributed by atoms with Gasteiger partial charge in [-0.05, 0) is 32.0 Å². The number of rotatable bonds is 8. The van der Waals surface area contributed by atoms with E-state index in [0.717, 1.165) is 0 Å². The lowest BCUT2D eigenvalue weighted by molar-refractivity contribution is 0.0918. The first-order valence-electron chi connectivity index (χ1n) is 6.47. The molecule has 0 heterocycles. The van der Waals surface area contributed by atoms with Crippen molar-refractivity contribution in [1.29, 1.82) is 0 Å². The zero-order chi connectivity index (χ0) is 15.9. The molecule has 0 spiro atoms. The van der Waals surface area contributed by atoms with Gasteiger partial charge in [0, 0.05) is 23.8 Å². The SMILES string of the molecule is CCOCCNC(=O)c1cc(S(=O)(=O)Cl)ccc1OCC. The summed E-state index contributed by atoms with van der Waals surface area (Å²) in [5.41, 5.74) is 0.120. The third-order valence-corrected chi connectivity index (χ3v) is 3.86. The van der Waals surface area contributed by atoms with Crippen molar-refractivity contribution in [1.82, 2.24) is 5.32 Å². The average Bonchev–Trinajstić information content (AvgIpc) is 2.43. The van der Waals surface area contributed by atoms with Gasteiger partial charge in [0.25, 0.3) is 15.0 Å². The van der Waals surface area contributed by atoms with Crippen LogP contribution >= 0.6 is 10.7 Å². The van der Waals surface area contributed by atoms with Crippen molar-refractivity contribution in [2.24, 2.45) is 0 Å². The van der Waals surface area contributed by atoms with Gasteiger partial charge in [0.1, 0.15) is 5.75 Å². The summed E-state index contributed by atoms with van der Waals surface area (Å²) in [6, 6.07) is 3.91. The third kappa shape index (κ3) is 5.53. The Morgan fingerprint density at radius 3 is 2.57 bits per heavy atom. The number of hydrogen-bond acceptors (Lipinski definition) is 5. The van der Waals surface area contributed by atoms with E-state index in [-0.39, 0.29) is 10.5 Å². The Morgan fingerprint density at radius 1 is 1.29 bits per heavy atom. The van der Waals surface area contributed by atoms with Gasteiger partial charge in [0.05, 0.1) is 23.7 Å². The Kier molecular flexibility index (Phi) is 6.94. The second kappa shape index (κ2) is 8.21. The van der Waals surface area contributed by atoms with Gasteiger partial charge in [0.15, 0.2) is 0 Å². The van der Waals surface area contributed by atoms with Crippen LogP contribution in [0.4, 0.5) is 0 Å². The second-order valence-corrected chi connectivity index (χ2v) is 6.55. The predicted octanol–water partition coefficient (Wildman–Crippen LogP) is 1.78. The molecule has 0 saturated carbocycles. The van der Waals surface area contributed by atoms with Gasteiger partial charge in [-0.2, -0.15) is 0 Å². The molecule has 1 rings (SSSR count). The molecule has 0 fully saturated rings. The van der Waals surface area contributed by atoms with Gasteiger partial charge < -0.3 is 14.8 Å². The Morgan fingerprint density at radius 2 is 2.00 bits per heavy atom. The van der Waals surface area contributed by atoms with Crippen LogP contribution in [0, 0.1) is 0 Å². The molecule has 0 saturated heterocycles. The smallest absolute Gasteiger partial charge is 0.261 e. The number of nitrogens with one attached hydrogen (secondary N) is 1. The van der Waals surface area contributed by atoms with E-state index in [4.69, 9.17) is 20.2 Å². The fraction of sp³-hybridized carbons (Fsp3) is 0.462. The quantitative estimate of drug-likeness (QED) is 0.578. The molecule has 0 atom stereocenters. The number of halogens is 1. The van der Waals surface area contributed by atoms with Crippen LogP contribution in [0.3, 0.4) is 0 Å². The standard InChI is InChI=1S/C13H18ClNO5S/c1-3-19-8-7-15-13(16)11-9-10(21(14,17)18)5-6-12(11)20-4-2/h5-6,9H,3-4,7-8H2,1-2H3,(H,15,16). The molecule has 0 bridgehead atoms. The number of hydrogen-bond donors (Lipinski definition) is 1. The van der Waals surface area contributed by atoms with Crippen LogP contribution < -0.4 is 10.1 Å². The van der Waals surface area contributed by atoms with E-state index in [0.29, 0.717) is 32.1 Å². The molecular formula is C13H18ClNO5S. The van der Waals surface area contributed by atoms with Crippen molar-refractivity contribution in [2.75, 3.05) is 26.4 Å². The third-order valence-electron chi connectivity index (χ3n) is 2.51. The van der Waals surface area contributed by atoms with Gasteiger partial charge >= 0.3 is 0 Å². The van der Waals surface area contributed by atoms with Crippen molar-refractivity contribution in [3.05, 3.63) is 23.8 Å². The van der Waals surface area contributed by atoms with Crippen LogP contribution in [0.5, 0.6) is 5.75 Å². The molecular weight excluding hydrogens is 318 g/mol. The minimum Gasteiger partial charge on any atom is -0.493 e. The van der Waals surface area contributed by atoms with E-state index in [1.807, 2.05) is 6.92 Å². The monoisotopic (exact) mass is 335 g/mol. The van der Waals surface area contributed by atoms with Crippen molar-refractivity contribution < 1.29 is 22.7 Å². The Bertz CT molecular complexity index is 588. The highest BCUT2D eigenvalue weighted by Crippen LogP contribution is 2.24. The summed E-state index contributed by atoms with van der Waals surface area (Å²) in [5, 5.41) is 2.63. The Hall–Kier alpha value is -1.31. The lowest BCUT2D eigenvalue weighted by Crippen LogP contribution is -2.27. The van der Waals surface area contributed by atoms with E-state index >= 15 is 0 Å². The molecule has 0 aliphatic carbocycles. The summed E-state index contributed by atoms with van der Waals surface area (Å²) in [7, 11) is 1.38. The summed E-state index contributed by atoms with van der Waals surface area (Å²) >= 11 is 0. The van der Waals surface area contributed by atoms with Crippen LogP contribution in [-0.4, -0.2) is 40.7 Å². The fourth-order valence-corrected chi connectivity index (χ4v) is 2.37. The molecule has 1 aromatic rings. The van der Waals surface area contributed by atoms with E-state index < -0.39 is 15.0 Å². The second-order valence-electron chi connectivity index (χ2n) is 3.98. The molecule has 0 aromatic heterocycles. The highest BCUT2D eigenvalue weighted by molar-refractivity contribution is 8.13. The van der Waals surface area contributed by atoms with Crippen LogP contribution in [0.25, 0.3) is 0 Å². The number of carbonyl (C=O) groups excluding carboxylic acids is 1. The zero-order valence-electron chi connectivity index (χ0n) is 11.9. The van der Waals surface area contributed by atoms with Crippen LogP contribution in [0.1, 0.15) is 24.2 Å². The summed E-state index contributed by atoms with van der Waals surface area (Å²) in [4.78, 5) is 11.9. The van der Waals surface area contributed by atoms with Gasteiger partial charge in [-0.1, -0.05) is 0 Å². The van der Waals surface area contributed by atoms with Gasteiger partial charge in [-0.3, -0.25) is 4.79 Å². The van der Waals surface area contributed by atoms with E-state index in [1.54, 1.807) is 6.92 Å². The highest BCUT2D eigenvalue weighted by atomic mass is 35.7. The maximum absolute atomic E-state index is 12.1. The molecule has 6 nitrogen and oxygen atoms in total. The molecule has 1 amide bonds. The topological polar surface area (TPSA) is 81.7 Å². The molecule has 1 N–H and O–H groups in total. The molecule has 1 aromatic carbocycles. The Balaban J connectivity index is 2.97. The summed E-state index contributed by atoms with van der Waals surface area (Å²) in [6.07, 6.45) is 0. The molecule has 0 unspecified atom stereocenters. The van der Waals surface area contributed by atoms with Gasteiger partial charge in [-0.25, -0.2) is 8.42 Å². The van der Waals surface area contributed by atoms with Crippen molar-refractivity contribution >= 4 is 25.6 Å². The Labute approximate surface area is 128 Å². The molecule has 118 valence electrons. The number of carbonyl (C=O) groups is 1. The normalized spacial score (nSPS) is 11.2. The summed E-state index contributed by atoms with van der Waals surface area (Å²) in [6.45, 7) is 5.22. The first kappa shape index (κ1) is 17.7. The minimum absolute atomic E-state index is 0.120. The minimum atomic E-state index is -3.91. The van der Waals surface area contributed by atoms with Crippen molar-refractivity contribution in [3.8, 4) is 5.75 Å².